The number of carbonyl (C=O) groups is 1. The maximum Gasteiger partial charge on any atom is 0.433 e. The van der Waals surface area contributed by atoms with Crippen molar-refractivity contribution in [2.75, 3.05) is 26.9 Å². The van der Waals surface area contributed by atoms with Gasteiger partial charge in [-0.05, 0) is 48.4 Å². The lowest BCUT2D eigenvalue weighted by Crippen LogP contribution is -2.40. The summed E-state index contributed by atoms with van der Waals surface area (Å²) in [6, 6.07) is 7.91. The summed E-state index contributed by atoms with van der Waals surface area (Å²) in [6.07, 6.45) is -5.62. The van der Waals surface area contributed by atoms with Crippen molar-refractivity contribution in [2.24, 2.45) is 0 Å². The smallest absolute Gasteiger partial charge is 0.433 e. The maximum absolute atomic E-state index is 14.4. The topological polar surface area (TPSA) is 98.7 Å². The molecule has 3 aromatic rings. The summed E-state index contributed by atoms with van der Waals surface area (Å²) < 4.78 is 104. The van der Waals surface area contributed by atoms with Gasteiger partial charge in [-0.3, -0.25) is 9.78 Å². The van der Waals surface area contributed by atoms with E-state index in [0.29, 0.717) is 16.8 Å². The van der Waals surface area contributed by atoms with E-state index in [9.17, 15) is 35.2 Å². The lowest BCUT2D eigenvalue weighted by atomic mass is 10.0. The highest BCUT2D eigenvalue weighted by Crippen LogP contribution is 2.32. The summed E-state index contributed by atoms with van der Waals surface area (Å²) in [7, 11) is -2.80. The van der Waals surface area contributed by atoms with Crippen LogP contribution in [0.15, 0.2) is 59.6 Å². The molecule has 2 atom stereocenters. The van der Waals surface area contributed by atoms with Crippen molar-refractivity contribution in [1.29, 1.82) is 0 Å². The van der Waals surface area contributed by atoms with Crippen molar-refractivity contribution in [3.63, 3.8) is 0 Å². The molecule has 220 valence electrons. The molecule has 0 radical (unpaired) electrons. The number of pyridine rings is 2. The van der Waals surface area contributed by atoms with Gasteiger partial charge in [0.05, 0.1) is 17.5 Å². The Morgan fingerprint density at radius 2 is 1.80 bits per heavy atom. The number of rotatable bonds is 11. The van der Waals surface area contributed by atoms with Crippen LogP contribution in [0.25, 0.3) is 11.1 Å². The number of alkyl halides is 4. The molecule has 1 saturated heterocycles. The number of ketones is 1. The Kier molecular flexibility index (Phi) is 9.34. The first kappa shape index (κ1) is 30.5. The molecule has 0 aliphatic carbocycles. The summed E-state index contributed by atoms with van der Waals surface area (Å²) in [5.41, 5.74) is 0.0602. The number of aryl methyl sites for hydroxylation is 1. The average Bonchev–Trinajstić information content (AvgIpc) is 3.34. The monoisotopic (exact) mass is 599 g/mol. The highest BCUT2D eigenvalue weighted by atomic mass is 32.2. The Morgan fingerprint density at radius 1 is 1.07 bits per heavy atom. The summed E-state index contributed by atoms with van der Waals surface area (Å²) in [6.45, 7) is -0.138. The van der Waals surface area contributed by atoms with Crippen LogP contribution in [0.2, 0.25) is 0 Å². The number of Topliss-reactive ketones (excluding diaryl/α,β-unsaturated/α-hetero) is 1. The van der Waals surface area contributed by atoms with E-state index in [0.717, 1.165) is 40.8 Å². The van der Waals surface area contributed by atoms with Gasteiger partial charge in [-0.15, -0.1) is 0 Å². The second-order valence-corrected chi connectivity index (χ2v) is 11.2. The lowest BCUT2D eigenvalue weighted by molar-refractivity contribution is -0.141. The number of halogens is 5. The first-order valence-corrected chi connectivity index (χ1v) is 13.9. The van der Waals surface area contributed by atoms with Crippen LogP contribution in [0, 0.1) is 5.82 Å². The zero-order valence-electron chi connectivity index (χ0n) is 21.8. The van der Waals surface area contributed by atoms with Gasteiger partial charge in [0.25, 0.3) is 0 Å². The molecule has 0 spiro atoms. The number of aromatic nitrogens is 2. The lowest BCUT2D eigenvalue weighted by Gasteiger charge is -2.22. The average molecular weight is 600 g/mol. The molecule has 1 aromatic carbocycles. The van der Waals surface area contributed by atoms with E-state index < -0.39 is 52.3 Å². The Morgan fingerprint density at radius 3 is 2.44 bits per heavy atom. The first-order chi connectivity index (χ1) is 19.4. The van der Waals surface area contributed by atoms with Gasteiger partial charge in [-0.1, -0.05) is 6.07 Å². The van der Waals surface area contributed by atoms with Gasteiger partial charge < -0.3 is 9.47 Å². The van der Waals surface area contributed by atoms with Crippen LogP contribution in [0.1, 0.15) is 24.2 Å². The number of hydrogen-bond donors (Lipinski definition) is 0. The third-order valence-corrected chi connectivity index (χ3v) is 8.29. The molecule has 0 saturated carbocycles. The number of benzene rings is 1. The van der Waals surface area contributed by atoms with Gasteiger partial charge >= 0.3 is 6.18 Å². The van der Waals surface area contributed by atoms with Crippen LogP contribution in [0.5, 0.6) is 5.88 Å². The molecular formula is C27H26F5N3O5S. The van der Waals surface area contributed by atoms with Crippen molar-refractivity contribution in [3.05, 3.63) is 71.9 Å². The number of nitrogens with zero attached hydrogens (tertiary/aromatic N) is 3. The predicted molar refractivity (Wildman–Crippen MR) is 137 cm³/mol. The molecular weight excluding hydrogens is 573 g/mol. The minimum atomic E-state index is -4.60. The zero-order chi connectivity index (χ0) is 29.8. The molecule has 8 nitrogen and oxygen atoms in total. The fourth-order valence-corrected chi connectivity index (χ4v) is 6.01. The van der Waals surface area contributed by atoms with E-state index in [1.54, 1.807) is 6.07 Å². The number of methoxy groups -OCH3 is 1. The summed E-state index contributed by atoms with van der Waals surface area (Å²) >= 11 is 0. The molecule has 1 fully saturated rings. The fraction of sp³-hybridized carbons (Fsp3) is 0.370. The first-order valence-electron chi connectivity index (χ1n) is 12.5. The number of hydrogen-bond acceptors (Lipinski definition) is 7. The molecule has 4 rings (SSSR count). The minimum Gasteiger partial charge on any atom is -0.475 e. The van der Waals surface area contributed by atoms with E-state index in [4.69, 9.17) is 9.47 Å². The second kappa shape index (κ2) is 12.6. The highest BCUT2D eigenvalue weighted by Gasteiger charge is 2.43. The Labute approximate surface area is 233 Å². The fourth-order valence-electron chi connectivity index (χ4n) is 4.37. The van der Waals surface area contributed by atoms with Crippen LogP contribution in [0.4, 0.5) is 22.0 Å². The molecule has 2 aromatic heterocycles. The molecule has 14 heteroatoms. The van der Waals surface area contributed by atoms with Crippen LogP contribution >= 0.6 is 0 Å². The maximum atomic E-state index is 14.4. The zero-order valence-corrected chi connectivity index (χ0v) is 22.6. The minimum absolute atomic E-state index is 0.0132. The van der Waals surface area contributed by atoms with Gasteiger partial charge in [-0.25, -0.2) is 22.2 Å². The van der Waals surface area contributed by atoms with Crippen molar-refractivity contribution in [2.45, 2.75) is 42.5 Å². The van der Waals surface area contributed by atoms with Gasteiger partial charge in [0.1, 0.15) is 24.3 Å². The van der Waals surface area contributed by atoms with Crippen molar-refractivity contribution in [3.8, 4) is 17.0 Å². The van der Waals surface area contributed by atoms with Gasteiger partial charge in [0.15, 0.2) is 5.78 Å². The Balaban J connectivity index is 1.54. The predicted octanol–water partition coefficient (Wildman–Crippen LogP) is 4.63. The molecule has 1 aliphatic heterocycles. The third-order valence-electron chi connectivity index (χ3n) is 6.40. The summed E-state index contributed by atoms with van der Waals surface area (Å²) in [5, 5.41) is 0. The highest BCUT2D eigenvalue weighted by molar-refractivity contribution is 7.89. The van der Waals surface area contributed by atoms with Crippen LogP contribution in [-0.2, 0) is 32.2 Å². The normalized spacial score (nSPS) is 18.0. The van der Waals surface area contributed by atoms with Crippen LogP contribution < -0.4 is 4.74 Å². The van der Waals surface area contributed by atoms with E-state index in [2.05, 4.69) is 9.97 Å². The SMILES string of the molecule is COCCOc1cc(-c2ccc(C(F)(F)F)nc2)cc(CCC(=O)[C@@H]2C[C@@H](F)CN2S(=O)(=O)c2ccc(F)cc2)n1. The number of sulfonamides is 1. The van der Waals surface area contributed by atoms with E-state index in [1.165, 1.54) is 19.2 Å². The quantitative estimate of drug-likeness (QED) is 0.234. The van der Waals surface area contributed by atoms with E-state index >= 15 is 0 Å². The molecule has 0 unspecified atom stereocenters. The van der Waals surface area contributed by atoms with Crippen LogP contribution in [-0.4, -0.2) is 67.6 Å². The van der Waals surface area contributed by atoms with Gasteiger partial charge in [-0.2, -0.15) is 17.5 Å². The third kappa shape index (κ3) is 7.43. The Hall–Kier alpha value is -3.49. The molecule has 41 heavy (non-hydrogen) atoms. The summed E-state index contributed by atoms with van der Waals surface area (Å²) in [5.74, 6) is -1.05. The van der Waals surface area contributed by atoms with Crippen molar-refractivity contribution >= 4 is 15.8 Å². The Bertz CT molecular complexity index is 1470. The van der Waals surface area contributed by atoms with E-state index in [-0.39, 0.29) is 43.3 Å². The van der Waals surface area contributed by atoms with Gasteiger partial charge in [0, 0.05) is 50.0 Å². The standard InChI is InChI=1S/C27H26F5N3O5S/c1-39-10-11-40-26-13-18(17-2-9-25(33-15-17)27(30,31)32)12-21(34-26)5-8-24(36)23-14-20(29)16-35(23)41(37,38)22-6-3-19(28)4-7-22/h2-4,6-7,9,12-13,15,20,23H,5,8,10-11,14,16H2,1H3/t20-,23+/m1/s1. The summed E-state index contributed by atoms with van der Waals surface area (Å²) in [4.78, 5) is 20.7. The molecule has 1 aliphatic rings. The number of carbonyl (C=O) groups excluding carboxylic acids is 1. The van der Waals surface area contributed by atoms with Crippen molar-refractivity contribution in [1.82, 2.24) is 14.3 Å². The van der Waals surface area contributed by atoms with Crippen LogP contribution in [0.3, 0.4) is 0 Å². The molecule has 0 bridgehead atoms. The molecule has 3 heterocycles. The van der Waals surface area contributed by atoms with Gasteiger partial charge in [0.2, 0.25) is 15.9 Å². The largest absolute Gasteiger partial charge is 0.475 e. The molecule has 0 amide bonds. The second-order valence-electron chi connectivity index (χ2n) is 9.30. The van der Waals surface area contributed by atoms with Crippen molar-refractivity contribution < 1.29 is 44.6 Å². The molecule has 0 N–H and O–H groups in total. The van der Waals surface area contributed by atoms with E-state index in [1.807, 2.05) is 0 Å². The number of ether oxygens (including phenoxy) is 2.